The highest BCUT2D eigenvalue weighted by atomic mass is 16.7. The monoisotopic (exact) mass is 622 g/mol. The standard InChI is InChI=1S/C31H26O14/c1-10(32)7-12-8-11-5-6-13-20(18(11)25(37)19(12)30(41)42)26(38)21-22(34)14-3-2-4-16(27(14)45-28(21)23(13)35)43-31-24(36)15(33)9-17(44-31)29(39)40/h2-4,8-9,15,22,24,31,33-38H,5-7H2,1H3,(H,39,40)(H,41,42)/t15-,22?,24+,31+/m0/s1. The van der Waals surface area contributed by atoms with Crippen molar-refractivity contribution in [2.45, 2.75) is 50.8 Å². The molecule has 4 atom stereocenters. The summed E-state index contributed by atoms with van der Waals surface area (Å²) < 4.78 is 16.8. The molecule has 1 unspecified atom stereocenters. The van der Waals surface area contributed by atoms with Crippen LogP contribution in [0.3, 0.4) is 0 Å². The SMILES string of the molecule is CC(=O)Cc1cc2c(c(O)c1C(=O)O)-c1c(O)c3c(c(O)c1CC2)Oc1c(O[C@@H]2OC(C(=O)O)=C[C@H](O)[C@H]2O)cccc1C3O. The number of aliphatic hydroxyl groups is 3. The maximum absolute atomic E-state index is 12.1. The van der Waals surface area contributed by atoms with Gasteiger partial charge < -0.3 is 55.1 Å². The molecule has 3 aromatic rings. The maximum atomic E-state index is 12.1. The number of Topliss-reactive ketones (excluding diaryl/α,β-unsaturated/α-hetero) is 1. The summed E-state index contributed by atoms with van der Waals surface area (Å²) in [5, 5.41) is 85.2. The van der Waals surface area contributed by atoms with E-state index in [0.29, 0.717) is 5.56 Å². The van der Waals surface area contributed by atoms with E-state index < -0.39 is 65.1 Å². The van der Waals surface area contributed by atoms with Gasteiger partial charge in [-0.15, -0.1) is 0 Å². The molecule has 0 radical (unpaired) electrons. The third-order valence-corrected chi connectivity index (χ3v) is 7.98. The number of benzene rings is 3. The zero-order chi connectivity index (χ0) is 32.5. The molecule has 6 rings (SSSR count). The van der Waals surface area contributed by atoms with E-state index in [2.05, 4.69) is 0 Å². The van der Waals surface area contributed by atoms with Gasteiger partial charge in [0.2, 0.25) is 5.76 Å². The molecule has 0 amide bonds. The fraction of sp³-hybridized carbons (Fsp3) is 0.258. The van der Waals surface area contributed by atoms with Crippen LogP contribution in [-0.2, 0) is 33.6 Å². The minimum absolute atomic E-state index is 0.0118. The third-order valence-electron chi connectivity index (χ3n) is 7.98. The predicted octanol–water partition coefficient (Wildman–Crippen LogP) is 2.01. The molecule has 14 heteroatoms. The van der Waals surface area contributed by atoms with Gasteiger partial charge in [-0.2, -0.15) is 0 Å². The van der Waals surface area contributed by atoms with Crippen LogP contribution in [0.2, 0.25) is 0 Å². The smallest absolute Gasteiger partial charge is 0.371 e. The molecule has 45 heavy (non-hydrogen) atoms. The lowest BCUT2D eigenvalue weighted by Gasteiger charge is -2.34. The summed E-state index contributed by atoms with van der Waals surface area (Å²) in [6.45, 7) is 1.28. The Morgan fingerprint density at radius 2 is 1.67 bits per heavy atom. The van der Waals surface area contributed by atoms with Gasteiger partial charge in [-0.1, -0.05) is 18.2 Å². The Labute approximate surface area is 253 Å². The number of hydrogen-bond donors (Lipinski definition) is 8. The molecule has 2 heterocycles. The first-order valence-electron chi connectivity index (χ1n) is 13.6. The maximum Gasteiger partial charge on any atom is 0.371 e. The molecular formula is C31H26O14. The number of phenolic OH excluding ortho intramolecular Hbond substituents is 2. The van der Waals surface area contributed by atoms with Gasteiger partial charge in [-0.05, 0) is 43.0 Å². The Hall–Kier alpha value is -5.31. The van der Waals surface area contributed by atoms with Crippen molar-refractivity contribution >= 4 is 17.7 Å². The molecule has 1 aliphatic carbocycles. The first kappa shape index (κ1) is 29.7. The number of carboxylic acid groups (broad SMARTS) is 2. The Kier molecular flexibility index (Phi) is 7.07. The zero-order valence-electron chi connectivity index (χ0n) is 23.3. The van der Waals surface area contributed by atoms with Crippen molar-refractivity contribution in [1.82, 2.24) is 0 Å². The van der Waals surface area contributed by atoms with Crippen LogP contribution in [-0.4, -0.2) is 77.1 Å². The molecular weight excluding hydrogens is 596 g/mol. The molecule has 0 spiro atoms. The van der Waals surface area contributed by atoms with Gasteiger partial charge in [0.25, 0.3) is 6.29 Å². The van der Waals surface area contributed by atoms with Gasteiger partial charge in [0.15, 0.2) is 29.1 Å². The highest BCUT2D eigenvalue weighted by molar-refractivity contribution is 6.00. The van der Waals surface area contributed by atoms with Gasteiger partial charge in [0, 0.05) is 28.7 Å². The second-order valence-corrected chi connectivity index (χ2v) is 10.9. The number of fused-ring (bicyclic) bond motifs is 5. The average molecular weight is 623 g/mol. The number of carbonyl (C=O) groups is 3. The normalized spacial score (nSPS) is 21.1. The quantitative estimate of drug-likeness (QED) is 0.184. The fourth-order valence-corrected chi connectivity index (χ4v) is 6.00. The minimum atomic E-state index is -1.72. The van der Waals surface area contributed by atoms with E-state index in [1.807, 2.05) is 0 Å². The molecule has 234 valence electrons. The number of hydrogen-bond acceptors (Lipinski definition) is 12. The molecule has 3 aliphatic rings. The zero-order valence-corrected chi connectivity index (χ0v) is 23.3. The van der Waals surface area contributed by atoms with Crippen molar-refractivity contribution in [2.24, 2.45) is 0 Å². The molecule has 8 N–H and O–H groups in total. The fourth-order valence-electron chi connectivity index (χ4n) is 6.00. The number of aliphatic hydroxyl groups excluding tert-OH is 3. The Morgan fingerprint density at radius 1 is 0.933 bits per heavy atom. The Morgan fingerprint density at radius 3 is 2.33 bits per heavy atom. The van der Waals surface area contributed by atoms with Gasteiger partial charge in [0.1, 0.15) is 35.1 Å². The number of para-hydroxylation sites is 1. The largest absolute Gasteiger partial charge is 0.507 e. The van der Waals surface area contributed by atoms with E-state index in [1.165, 1.54) is 31.2 Å². The molecule has 3 aromatic carbocycles. The predicted molar refractivity (Wildman–Crippen MR) is 149 cm³/mol. The Bertz CT molecular complexity index is 1840. The van der Waals surface area contributed by atoms with Crippen molar-refractivity contribution in [3.05, 3.63) is 69.5 Å². The number of aliphatic carboxylic acids is 1. The number of aromatic carboxylic acids is 1. The number of carboxylic acids is 2. The number of ether oxygens (including phenoxy) is 3. The lowest BCUT2D eigenvalue weighted by atomic mass is 9.78. The number of aryl methyl sites for hydroxylation is 1. The van der Waals surface area contributed by atoms with Crippen LogP contribution in [0, 0.1) is 0 Å². The third kappa shape index (κ3) is 4.66. The number of carbonyl (C=O) groups excluding carboxylic acids is 1. The molecule has 2 aliphatic heterocycles. The molecule has 0 bridgehead atoms. The first-order chi connectivity index (χ1) is 21.3. The van der Waals surface area contributed by atoms with Gasteiger partial charge in [-0.3, -0.25) is 4.79 Å². The van der Waals surface area contributed by atoms with Crippen molar-refractivity contribution in [3.8, 4) is 45.6 Å². The molecule has 0 aromatic heterocycles. The minimum Gasteiger partial charge on any atom is -0.507 e. The van der Waals surface area contributed by atoms with E-state index >= 15 is 0 Å². The van der Waals surface area contributed by atoms with Crippen LogP contribution < -0.4 is 9.47 Å². The van der Waals surface area contributed by atoms with Crippen LogP contribution in [0.1, 0.15) is 51.2 Å². The summed E-state index contributed by atoms with van der Waals surface area (Å²) >= 11 is 0. The van der Waals surface area contributed by atoms with Crippen molar-refractivity contribution in [1.29, 1.82) is 0 Å². The molecule has 0 saturated heterocycles. The molecule has 0 fully saturated rings. The summed E-state index contributed by atoms with van der Waals surface area (Å²) in [6, 6.07) is 5.63. The summed E-state index contributed by atoms with van der Waals surface area (Å²) in [5.41, 5.74) is -0.407. The summed E-state index contributed by atoms with van der Waals surface area (Å²) in [7, 11) is 0. The highest BCUT2D eigenvalue weighted by Gasteiger charge is 2.41. The first-order valence-corrected chi connectivity index (χ1v) is 13.6. The van der Waals surface area contributed by atoms with Crippen LogP contribution in [0.15, 0.2) is 36.1 Å². The summed E-state index contributed by atoms with van der Waals surface area (Å²) in [4.78, 5) is 35.4. The number of rotatable bonds is 6. The second kappa shape index (κ2) is 10.7. The van der Waals surface area contributed by atoms with Crippen LogP contribution in [0.5, 0.6) is 34.5 Å². The van der Waals surface area contributed by atoms with Gasteiger partial charge in [0.05, 0.1) is 5.56 Å². The van der Waals surface area contributed by atoms with Crippen LogP contribution in [0.4, 0.5) is 0 Å². The van der Waals surface area contributed by atoms with E-state index in [1.54, 1.807) is 0 Å². The van der Waals surface area contributed by atoms with Crippen LogP contribution >= 0.6 is 0 Å². The van der Waals surface area contributed by atoms with Crippen molar-refractivity contribution < 1.29 is 69.4 Å². The molecule has 14 nitrogen and oxygen atoms in total. The van der Waals surface area contributed by atoms with Crippen LogP contribution in [0.25, 0.3) is 11.1 Å². The number of phenols is 3. The average Bonchev–Trinajstić information content (AvgIpc) is 2.97. The van der Waals surface area contributed by atoms with E-state index in [-0.39, 0.29) is 75.7 Å². The molecule has 0 saturated carbocycles. The Balaban J connectivity index is 1.46. The van der Waals surface area contributed by atoms with E-state index in [4.69, 9.17) is 14.2 Å². The summed E-state index contributed by atoms with van der Waals surface area (Å²) in [6.07, 6.45) is -5.93. The lowest BCUT2D eigenvalue weighted by molar-refractivity contribution is -0.172. The summed E-state index contributed by atoms with van der Waals surface area (Å²) in [5.74, 6) is -6.58. The van der Waals surface area contributed by atoms with E-state index in [9.17, 15) is 55.2 Å². The second-order valence-electron chi connectivity index (χ2n) is 10.9. The number of aromatic hydroxyl groups is 3. The van der Waals surface area contributed by atoms with Gasteiger partial charge >= 0.3 is 11.9 Å². The van der Waals surface area contributed by atoms with Crippen molar-refractivity contribution in [2.75, 3.05) is 0 Å². The van der Waals surface area contributed by atoms with E-state index in [0.717, 1.165) is 6.08 Å². The lowest BCUT2D eigenvalue weighted by Crippen LogP contribution is -2.46. The van der Waals surface area contributed by atoms with Crippen molar-refractivity contribution in [3.63, 3.8) is 0 Å². The highest BCUT2D eigenvalue weighted by Crippen LogP contribution is 2.60. The number of ketones is 1. The topological polar surface area (TPSA) is 241 Å². The van der Waals surface area contributed by atoms with Gasteiger partial charge in [-0.25, -0.2) is 9.59 Å².